The zero-order valence-corrected chi connectivity index (χ0v) is 18.9. The van der Waals surface area contributed by atoms with Crippen molar-refractivity contribution in [1.82, 2.24) is 5.32 Å². The maximum atomic E-state index is 13.0. The molecule has 2 N–H and O–H groups in total. The number of rotatable bonds is 7. The first-order chi connectivity index (χ1) is 16.8. The molecule has 3 aromatic rings. The first-order valence-corrected chi connectivity index (χ1v) is 10.4. The van der Waals surface area contributed by atoms with E-state index in [1.807, 2.05) is 0 Å². The molecule has 1 saturated heterocycles. The molecule has 178 valence electrons. The molecule has 0 atom stereocenters. The summed E-state index contributed by atoms with van der Waals surface area (Å²) in [6.45, 7) is -0.0524. The smallest absolute Gasteiger partial charge is 0.371 e. The molecule has 1 fully saturated rings. The highest BCUT2D eigenvalue weighted by Crippen LogP contribution is 2.31. The topological polar surface area (TPSA) is 135 Å². The average molecular weight is 497 g/mol. The summed E-state index contributed by atoms with van der Waals surface area (Å²) >= 11 is 5.87. The van der Waals surface area contributed by atoms with E-state index in [4.69, 9.17) is 30.6 Å². The molecule has 1 aliphatic rings. The molecule has 0 unspecified atom stereocenters. The highest BCUT2D eigenvalue weighted by atomic mass is 35.5. The van der Waals surface area contributed by atoms with Crippen LogP contribution >= 0.6 is 11.6 Å². The van der Waals surface area contributed by atoms with Crippen molar-refractivity contribution < 1.29 is 38.2 Å². The molecule has 0 bridgehead atoms. The third kappa shape index (κ3) is 5.02. The molecule has 1 aliphatic heterocycles. The number of nitrogens with one attached hydrogen (secondary N) is 1. The van der Waals surface area contributed by atoms with Crippen LogP contribution in [0.15, 0.2) is 64.6 Å². The number of halogens is 1. The Kier molecular flexibility index (Phi) is 6.56. The Bertz CT molecular complexity index is 1360. The van der Waals surface area contributed by atoms with Gasteiger partial charge in [-0.3, -0.25) is 14.9 Å². The predicted octanol–water partition coefficient (Wildman–Crippen LogP) is 3.89. The molecule has 2 aromatic carbocycles. The molecule has 10 nitrogen and oxygen atoms in total. The molecule has 1 aromatic heterocycles. The number of hydrogen-bond acceptors (Lipinski definition) is 7. The summed E-state index contributed by atoms with van der Waals surface area (Å²) in [5.74, 6) is -2.13. The van der Waals surface area contributed by atoms with Crippen molar-refractivity contribution in [3.8, 4) is 11.5 Å². The number of carbonyl (C=O) groups is 4. The number of anilines is 1. The van der Waals surface area contributed by atoms with Gasteiger partial charge in [-0.1, -0.05) is 17.7 Å². The van der Waals surface area contributed by atoms with Gasteiger partial charge in [-0.2, -0.15) is 0 Å². The second-order valence-electron chi connectivity index (χ2n) is 7.20. The Hall–Kier alpha value is -4.57. The minimum atomic E-state index is -1.19. The second kappa shape index (κ2) is 9.74. The van der Waals surface area contributed by atoms with Crippen LogP contribution in [0.4, 0.5) is 10.5 Å². The number of barbiturate groups is 1. The normalized spacial score (nSPS) is 14.7. The van der Waals surface area contributed by atoms with Gasteiger partial charge >= 0.3 is 12.0 Å². The second-order valence-corrected chi connectivity index (χ2v) is 7.64. The van der Waals surface area contributed by atoms with Gasteiger partial charge in [0, 0.05) is 5.02 Å². The van der Waals surface area contributed by atoms with E-state index in [1.54, 1.807) is 12.1 Å². The van der Waals surface area contributed by atoms with Crippen LogP contribution in [0.25, 0.3) is 6.08 Å². The van der Waals surface area contributed by atoms with E-state index in [2.05, 4.69) is 5.32 Å². The number of amides is 4. The third-order valence-electron chi connectivity index (χ3n) is 4.93. The number of nitrogens with zero attached hydrogens (tertiary/aromatic N) is 1. The summed E-state index contributed by atoms with van der Waals surface area (Å²) in [7, 11) is 1.41. The van der Waals surface area contributed by atoms with E-state index in [9.17, 15) is 19.2 Å². The van der Waals surface area contributed by atoms with E-state index in [-0.39, 0.29) is 23.6 Å². The van der Waals surface area contributed by atoms with Crippen LogP contribution in [0, 0.1) is 0 Å². The number of methoxy groups -OCH3 is 1. The fraction of sp³-hybridized carbons (Fsp3) is 0.0833. The van der Waals surface area contributed by atoms with Crippen LogP contribution in [0.2, 0.25) is 5.02 Å². The molecule has 11 heteroatoms. The Labute approximate surface area is 203 Å². The number of ether oxygens (including phenoxy) is 2. The Morgan fingerprint density at radius 3 is 2.49 bits per heavy atom. The maximum absolute atomic E-state index is 13.0. The van der Waals surface area contributed by atoms with Crippen LogP contribution in [-0.4, -0.2) is 36.0 Å². The number of urea groups is 1. The highest BCUT2D eigenvalue weighted by Gasteiger charge is 2.36. The van der Waals surface area contributed by atoms with Gasteiger partial charge in [0.15, 0.2) is 11.5 Å². The number of benzene rings is 2. The van der Waals surface area contributed by atoms with E-state index < -0.39 is 23.8 Å². The number of aromatic carboxylic acids is 1. The Balaban J connectivity index is 1.57. The van der Waals surface area contributed by atoms with E-state index in [0.717, 1.165) is 4.90 Å². The SMILES string of the molecule is COc1cc(/C=C2\C(=O)NC(=O)N(c3ccc(Cl)cc3)C2=O)ccc1OCc1ccc(C(=O)O)o1. The zero-order valence-electron chi connectivity index (χ0n) is 18.1. The lowest BCUT2D eigenvalue weighted by atomic mass is 10.1. The molecule has 2 heterocycles. The Morgan fingerprint density at radius 1 is 1.09 bits per heavy atom. The van der Waals surface area contributed by atoms with Crippen LogP contribution < -0.4 is 19.7 Å². The molecular formula is C24H17ClN2O8. The summed E-state index contributed by atoms with van der Waals surface area (Å²) in [5.41, 5.74) is 0.428. The molecule has 0 spiro atoms. The summed E-state index contributed by atoms with van der Waals surface area (Å²) in [6.07, 6.45) is 1.32. The lowest BCUT2D eigenvalue weighted by molar-refractivity contribution is -0.122. The third-order valence-corrected chi connectivity index (χ3v) is 5.18. The summed E-state index contributed by atoms with van der Waals surface area (Å²) in [4.78, 5) is 49.5. The fourth-order valence-corrected chi connectivity index (χ4v) is 3.39. The average Bonchev–Trinajstić information content (AvgIpc) is 3.31. The van der Waals surface area contributed by atoms with Gasteiger partial charge in [0.2, 0.25) is 5.76 Å². The lowest BCUT2D eigenvalue weighted by Crippen LogP contribution is -2.54. The van der Waals surface area contributed by atoms with Crippen molar-refractivity contribution in [2.45, 2.75) is 6.61 Å². The van der Waals surface area contributed by atoms with Gasteiger partial charge in [0.1, 0.15) is 17.9 Å². The first-order valence-electron chi connectivity index (χ1n) is 10.1. The van der Waals surface area contributed by atoms with E-state index >= 15 is 0 Å². The fourth-order valence-electron chi connectivity index (χ4n) is 3.26. The number of imide groups is 2. The summed E-state index contributed by atoms with van der Waals surface area (Å²) in [6, 6.07) is 12.6. The van der Waals surface area contributed by atoms with Crippen molar-refractivity contribution in [2.75, 3.05) is 12.0 Å². The van der Waals surface area contributed by atoms with Gasteiger partial charge in [-0.15, -0.1) is 0 Å². The van der Waals surface area contributed by atoms with Crippen molar-refractivity contribution >= 4 is 47.2 Å². The largest absolute Gasteiger partial charge is 0.493 e. The van der Waals surface area contributed by atoms with Crippen molar-refractivity contribution in [3.05, 3.63) is 82.3 Å². The van der Waals surface area contributed by atoms with E-state index in [0.29, 0.717) is 27.8 Å². The quantitative estimate of drug-likeness (QED) is 0.371. The van der Waals surface area contributed by atoms with E-state index in [1.165, 1.54) is 55.7 Å². The van der Waals surface area contributed by atoms with Gasteiger partial charge in [-0.25, -0.2) is 14.5 Å². The molecular weight excluding hydrogens is 480 g/mol. The predicted molar refractivity (Wildman–Crippen MR) is 123 cm³/mol. The maximum Gasteiger partial charge on any atom is 0.371 e. The molecule has 0 saturated carbocycles. The monoisotopic (exact) mass is 496 g/mol. The van der Waals surface area contributed by atoms with Crippen molar-refractivity contribution in [3.63, 3.8) is 0 Å². The molecule has 0 aliphatic carbocycles. The minimum Gasteiger partial charge on any atom is -0.493 e. The number of furan rings is 1. The van der Waals surface area contributed by atoms with Gasteiger partial charge in [-0.05, 0) is 60.2 Å². The molecule has 35 heavy (non-hydrogen) atoms. The standard InChI is InChI=1S/C24H17ClN2O8/c1-33-20-11-13(2-8-18(20)34-12-16-7-9-19(35-16)23(30)31)10-17-21(28)26-24(32)27(22(17)29)15-5-3-14(25)4-6-15/h2-11H,12H2,1H3,(H,30,31)(H,26,28,32)/b17-10+. The molecule has 0 radical (unpaired) electrons. The highest BCUT2D eigenvalue weighted by molar-refractivity contribution is 6.39. The number of carboxylic acid groups (broad SMARTS) is 1. The lowest BCUT2D eigenvalue weighted by Gasteiger charge is -2.26. The minimum absolute atomic E-state index is 0.0524. The van der Waals surface area contributed by atoms with Gasteiger partial charge in [0.05, 0.1) is 12.8 Å². The summed E-state index contributed by atoms with van der Waals surface area (Å²) < 4.78 is 16.1. The molecule has 4 rings (SSSR count). The van der Waals surface area contributed by atoms with Crippen LogP contribution in [-0.2, 0) is 16.2 Å². The van der Waals surface area contributed by atoms with Crippen LogP contribution in [0.1, 0.15) is 21.9 Å². The van der Waals surface area contributed by atoms with Crippen molar-refractivity contribution in [1.29, 1.82) is 0 Å². The number of carbonyl (C=O) groups excluding carboxylic acids is 3. The van der Waals surface area contributed by atoms with Crippen molar-refractivity contribution in [2.24, 2.45) is 0 Å². The van der Waals surface area contributed by atoms with Crippen LogP contribution in [0.5, 0.6) is 11.5 Å². The summed E-state index contributed by atoms with van der Waals surface area (Å²) in [5, 5.41) is 11.5. The van der Waals surface area contributed by atoms with Gasteiger partial charge in [0.25, 0.3) is 11.8 Å². The Morgan fingerprint density at radius 2 is 1.83 bits per heavy atom. The number of carboxylic acids is 1. The van der Waals surface area contributed by atoms with Crippen LogP contribution in [0.3, 0.4) is 0 Å². The number of hydrogen-bond donors (Lipinski definition) is 2. The zero-order chi connectivity index (χ0) is 25.1. The molecule has 4 amide bonds. The first kappa shape index (κ1) is 23.6. The van der Waals surface area contributed by atoms with Gasteiger partial charge < -0.3 is 19.0 Å².